The summed E-state index contributed by atoms with van der Waals surface area (Å²) < 4.78 is 6.88. The molecule has 2 aromatic rings. The number of ether oxygens (including phenoxy) is 1. The molecular weight excluding hydrogens is 322 g/mol. The molecule has 0 aliphatic heterocycles. The number of nitrogens with zero attached hydrogens (tertiary/aromatic N) is 2. The fourth-order valence-corrected chi connectivity index (χ4v) is 2.42. The summed E-state index contributed by atoms with van der Waals surface area (Å²) in [4.78, 5) is 28.0. The van der Waals surface area contributed by atoms with Gasteiger partial charge >= 0.3 is 12.1 Å². The molecule has 1 heterocycles. The van der Waals surface area contributed by atoms with Gasteiger partial charge in [0.05, 0.1) is 6.54 Å². The third-order valence-corrected chi connectivity index (χ3v) is 3.82. The Morgan fingerprint density at radius 2 is 2.04 bits per heavy atom. The van der Waals surface area contributed by atoms with Crippen molar-refractivity contribution >= 4 is 12.1 Å². The number of carbonyl (C=O) groups is 2. The zero-order valence-electron chi connectivity index (χ0n) is 14.4. The maximum absolute atomic E-state index is 12.1. The van der Waals surface area contributed by atoms with E-state index in [1.807, 2.05) is 37.3 Å². The smallest absolute Gasteiger partial charge is 0.408 e. The van der Waals surface area contributed by atoms with Crippen molar-refractivity contribution in [2.45, 2.75) is 45.4 Å². The lowest BCUT2D eigenvalue weighted by Crippen LogP contribution is -2.55. The van der Waals surface area contributed by atoms with E-state index in [1.165, 1.54) is 6.92 Å². The maximum atomic E-state index is 12.1. The molecule has 0 saturated heterocycles. The van der Waals surface area contributed by atoms with Gasteiger partial charge in [0, 0.05) is 18.8 Å². The van der Waals surface area contributed by atoms with Crippen molar-refractivity contribution in [2.75, 3.05) is 0 Å². The Bertz CT molecular complexity index is 714. The molecule has 2 rings (SSSR count). The molecule has 1 atom stereocenters. The number of aliphatic carboxylic acids is 1. The first-order chi connectivity index (χ1) is 11.9. The fourth-order valence-electron chi connectivity index (χ4n) is 2.42. The van der Waals surface area contributed by atoms with E-state index in [4.69, 9.17) is 4.74 Å². The Morgan fingerprint density at radius 1 is 1.32 bits per heavy atom. The molecule has 0 radical (unpaired) electrons. The van der Waals surface area contributed by atoms with Crippen molar-refractivity contribution in [1.29, 1.82) is 0 Å². The van der Waals surface area contributed by atoms with Crippen LogP contribution in [0.4, 0.5) is 4.79 Å². The second kappa shape index (κ2) is 8.32. The average Bonchev–Trinajstić information content (AvgIpc) is 3.01. The zero-order valence-corrected chi connectivity index (χ0v) is 14.4. The van der Waals surface area contributed by atoms with Crippen molar-refractivity contribution in [2.24, 2.45) is 0 Å². The van der Waals surface area contributed by atoms with Crippen LogP contribution in [-0.2, 0) is 29.1 Å². The van der Waals surface area contributed by atoms with E-state index in [9.17, 15) is 14.7 Å². The molecule has 7 nitrogen and oxygen atoms in total. The highest BCUT2D eigenvalue weighted by Gasteiger charge is 2.36. The van der Waals surface area contributed by atoms with Gasteiger partial charge in [-0.15, -0.1) is 0 Å². The van der Waals surface area contributed by atoms with Crippen LogP contribution in [-0.4, -0.2) is 32.3 Å². The first-order valence-corrected chi connectivity index (χ1v) is 8.17. The highest BCUT2D eigenvalue weighted by atomic mass is 16.5. The molecule has 0 aliphatic rings. The van der Waals surface area contributed by atoms with Crippen LogP contribution in [0.5, 0.6) is 0 Å². The van der Waals surface area contributed by atoms with Gasteiger partial charge in [-0.3, -0.25) is 0 Å². The number of alkyl carbamates (subject to hydrolysis) is 1. The van der Waals surface area contributed by atoms with Gasteiger partial charge in [-0.05, 0) is 18.9 Å². The number of carboxylic acids is 1. The number of aryl methyl sites for hydroxylation is 1. The summed E-state index contributed by atoms with van der Waals surface area (Å²) in [6.45, 7) is 3.62. The van der Waals surface area contributed by atoms with Crippen LogP contribution in [0.25, 0.3) is 0 Å². The van der Waals surface area contributed by atoms with Gasteiger partial charge in [-0.2, -0.15) is 0 Å². The summed E-state index contributed by atoms with van der Waals surface area (Å²) in [5, 5.41) is 12.0. The van der Waals surface area contributed by atoms with Crippen molar-refractivity contribution < 1.29 is 19.4 Å². The van der Waals surface area contributed by atoms with Crippen molar-refractivity contribution in [3.05, 3.63) is 54.1 Å². The van der Waals surface area contributed by atoms with Crippen LogP contribution in [0.1, 0.15) is 31.7 Å². The molecule has 25 heavy (non-hydrogen) atoms. The Hall–Kier alpha value is -2.83. The predicted molar refractivity (Wildman–Crippen MR) is 92.0 cm³/mol. The van der Waals surface area contributed by atoms with Crippen LogP contribution in [0.3, 0.4) is 0 Å². The predicted octanol–water partition coefficient (Wildman–Crippen LogP) is 2.61. The molecule has 1 unspecified atom stereocenters. The second-order valence-electron chi connectivity index (χ2n) is 6.05. The van der Waals surface area contributed by atoms with Gasteiger partial charge in [0.25, 0.3) is 0 Å². The quantitative estimate of drug-likeness (QED) is 0.767. The van der Waals surface area contributed by atoms with Crippen molar-refractivity contribution in [3.63, 3.8) is 0 Å². The molecule has 2 N–H and O–H groups in total. The van der Waals surface area contributed by atoms with Crippen LogP contribution in [0, 0.1) is 0 Å². The van der Waals surface area contributed by atoms with Crippen molar-refractivity contribution in [3.8, 4) is 0 Å². The number of imidazole rings is 1. The van der Waals surface area contributed by atoms with E-state index < -0.39 is 17.6 Å². The molecule has 1 aromatic heterocycles. The van der Waals surface area contributed by atoms with E-state index in [1.54, 1.807) is 17.0 Å². The summed E-state index contributed by atoms with van der Waals surface area (Å²) in [5.41, 5.74) is -0.675. The largest absolute Gasteiger partial charge is 0.479 e. The summed E-state index contributed by atoms with van der Waals surface area (Å²) in [5.74, 6) is -0.352. The Morgan fingerprint density at radius 3 is 2.68 bits per heavy atom. The molecule has 0 saturated carbocycles. The van der Waals surface area contributed by atoms with Gasteiger partial charge in [0.15, 0.2) is 5.54 Å². The zero-order chi connectivity index (χ0) is 18.3. The fraction of sp³-hybridized carbons (Fsp3) is 0.389. The standard InChI is InChI=1S/C18H23N3O4/c1-3-7-15-19-10-11-21(15)13-18(2,16(22)23)20-17(24)25-12-14-8-5-4-6-9-14/h4-6,8-11H,3,7,12-13H2,1-2H3,(H,20,24)(H,22,23). The summed E-state index contributed by atoms with van der Waals surface area (Å²) in [6.07, 6.45) is 4.20. The number of carboxylic acid groups (broad SMARTS) is 1. The number of amides is 1. The van der Waals surface area contributed by atoms with Gasteiger partial charge in [-0.1, -0.05) is 37.3 Å². The lowest BCUT2D eigenvalue weighted by atomic mass is 10.0. The minimum Gasteiger partial charge on any atom is -0.479 e. The number of aromatic nitrogens is 2. The van der Waals surface area contributed by atoms with E-state index in [0.29, 0.717) is 0 Å². The number of hydrogen-bond donors (Lipinski definition) is 2. The van der Waals surface area contributed by atoms with E-state index in [2.05, 4.69) is 10.3 Å². The Labute approximate surface area is 146 Å². The van der Waals surface area contributed by atoms with Gasteiger partial charge in [-0.25, -0.2) is 14.6 Å². The van der Waals surface area contributed by atoms with Gasteiger partial charge in [0.1, 0.15) is 12.4 Å². The number of benzene rings is 1. The maximum Gasteiger partial charge on any atom is 0.408 e. The average molecular weight is 345 g/mol. The van der Waals surface area contributed by atoms with E-state index in [0.717, 1.165) is 24.2 Å². The first-order valence-electron chi connectivity index (χ1n) is 8.17. The summed E-state index contributed by atoms with van der Waals surface area (Å²) in [6, 6.07) is 9.20. The molecule has 0 fully saturated rings. The topological polar surface area (TPSA) is 93.5 Å². The van der Waals surface area contributed by atoms with E-state index >= 15 is 0 Å². The molecule has 134 valence electrons. The minimum absolute atomic E-state index is 0.0676. The Balaban J connectivity index is 2.02. The summed E-state index contributed by atoms with van der Waals surface area (Å²) >= 11 is 0. The van der Waals surface area contributed by atoms with Crippen LogP contribution < -0.4 is 5.32 Å². The molecule has 1 amide bonds. The third-order valence-electron chi connectivity index (χ3n) is 3.82. The first kappa shape index (κ1) is 18.5. The molecule has 0 spiro atoms. The molecule has 7 heteroatoms. The lowest BCUT2D eigenvalue weighted by molar-refractivity contribution is -0.144. The van der Waals surface area contributed by atoms with Crippen LogP contribution in [0.2, 0.25) is 0 Å². The molecule has 1 aromatic carbocycles. The second-order valence-corrected chi connectivity index (χ2v) is 6.05. The highest BCUT2D eigenvalue weighted by Crippen LogP contribution is 2.13. The number of carbonyl (C=O) groups excluding carboxylic acids is 1. The highest BCUT2D eigenvalue weighted by molar-refractivity contribution is 5.83. The van der Waals surface area contributed by atoms with Crippen LogP contribution in [0.15, 0.2) is 42.7 Å². The number of rotatable bonds is 8. The third kappa shape index (κ3) is 5.07. The van der Waals surface area contributed by atoms with Crippen LogP contribution >= 0.6 is 0 Å². The Kier molecular flexibility index (Phi) is 6.16. The number of hydrogen-bond acceptors (Lipinski definition) is 4. The molecule has 0 aliphatic carbocycles. The minimum atomic E-state index is -1.50. The molecular formula is C18H23N3O4. The monoisotopic (exact) mass is 345 g/mol. The summed E-state index contributed by atoms with van der Waals surface area (Å²) in [7, 11) is 0. The number of nitrogens with one attached hydrogen (secondary N) is 1. The SMILES string of the molecule is CCCc1nccn1CC(C)(NC(=O)OCc1ccccc1)C(=O)O. The van der Waals surface area contributed by atoms with E-state index in [-0.39, 0.29) is 13.2 Å². The van der Waals surface area contributed by atoms with Gasteiger partial charge < -0.3 is 19.7 Å². The molecule has 0 bridgehead atoms. The van der Waals surface area contributed by atoms with Gasteiger partial charge in [0.2, 0.25) is 0 Å². The van der Waals surface area contributed by atoms with Crippen molar-refractivity contribution in [1.82, 2.24) is 14.9 Å². The lowest BCUT2D eigenvalue weighted by Gasteiger charge is -2.27. The normalized spacial score (nSPS) is 13.0.